The fourth-order valence-electron chi connectivity index (χ4n) is 5.43. The summed E-state index contributed by atoms with van der Waals surface area (Å²) in [5.74, 6) is 2.31. The van der Waals surface area contributed by atoms with Crippen LogP contribution in [0.3, 0.4) is 0 Å². The smallest absolute Gasteiger partial charge is 0.161 e. The van der Waals surface area contributed by atoms with Gasteiger partial charge in [-0.3, -0.25) is 4.90 Å². The van der Waals surface area contributed by atoms with Crippen molar-refractivity contribution in [3.05, 3.63) is 58.8 Å². The van der Waals surface area contributed by atoms with Gasteiger partial charge in [-0.1, -0.05) is 32.0 Å². The van der Waals surface area contributed by atoms with Gasteiger partial charge in [-0.05, 0) is 60.1 Å². The zero-order chi connectivity index (χ0) is 20.1. The summed E-state index contributed by atoms with van der Waals surface area (Å²) in [7, 11) is 3.45. The zero-order valence-electron chi connectivity index (χ0n) is 17.8. The van der Waals surface area contributed by atoms with Crippen LogP contribution in [0.25, 0.3) is 10.9 Å². The van der Waals surface area contributed by atoms with Crippen LogP contribution in [0.1, 0.15) is 54.7 Å². The summed E-state index contributed by atoms with van der Waals surface area (Å²) in [4.78, 5) is 6.51. The molecule has 2 aliphatic heterocycles. The largest absolute Gasteiger partial charge is 0.493 e. The molecular weight excluding hydrogens is 360 g/mol. The van der Waals surface area contributed by atoms with E-state index >= 15 is 0 Å². The van der Waals surface area contributed by atoms with Crippen LogP contribution in [-0.2, 0) is 12.8 Å². The van der Waals surface area contributed by atoms with E-state index in [0.29, 0.717) is 18.0 Å². The maximum absolute atomic E-state index is 5.65. The summed E-state index contributed by atoms with van der Waals surface area (Å²) < 4.78 is 11.2. The zero-order valence-corrected chi connectivity index (χ0v) is 17.8. The van der Waals surface area contributed by atoms with E-state index in [1.54, 1.807) is 14.2 Å². The molecule has 1 unspecified atom stereocenters. The molecular formula is C25H30N2O2. The number of aromatic amines is 1. The Balaban J connectivity index is 1.67. The normalized spacial score (nSPS) is 21.0. The van der Waals surface area contributed by atoms with Crippen LogP contribution in [0, 0.1) is 5.92 Å². The highest BCUT2D eigenvalue weighted by molar-refractivity contribution is 5.85. The lowest BCUT2D eigenvalue weighted by Gasteiger charge is -2.46. The lowest BCUT2D eigenvalue weighted by Crippen LogP contribution is -2.43. The van der Waals surface area contributed by atoms with Gasteiger partial charge in [0.1, 0.15) is 0 Å². The van der Waals surface area contributed by atoms with E-state index in [9.17, 15) is 0 Å². The molecule has 0 saturated carbocycles. The Kier molecular flexibility index (Phi) is 4.54. The molecule has 5 rings (SSSR count). The van der Waals surface area contributed by atoms with E-state index in [1.165, 1.54) is 39.7 Å². The molecule has 0 fully saturated rings. The van der Waals surface area contributed by atoms with E-state index in [4.69, 9.17) is 9.47 Å². The number of ether oxygens (including phenoxy) is 2. The predicted molar refractivity (Wildman–Crippen MR) is 117 cm³/mol. The van der Waals surface area contributed by atoms with E-state index < -0.39 is 0 Å². The van der Waals surface area contributed by atoms with Crippen LogP contribution >= 0.6 is 0 Å². The van der Waals surface area contributed by atoms with Gasteiger partial charge in [0.25, 0.3) is 0 Å². The van der Waals surface area contributed by atoms with Crippen molar-refractivity contribution in [2.24, 2.45) is 5.92 Å². The van der Waals surface area contributed by atoms with Gasteiger partial charge in [-0.2, -0.15) is 0 Å². The van der Waals surface area contributed by atoms with Crippen molar-refractivity contribution < 1.29 is 9.47 Å². The SMILES string of the molecule is COc1cc2c(cc1OC)[C@@H]1Cc3c([nH]c4ccccc34)C(CC(C)C)N1CC2. The number of methoxy groups -OCH3 is 2. The average Bonchev–Trinajstić information content (AvgIpc) is 3.10. The van der Waals surface area contributed by atoms with Crippen molar-refractivity contribution >= 4 is 10.9 Å². The molecule has 0 aliphatic carbocycles. The maximum atomic E-state index is 5.65. The highest BCUT2D eigenvalue weighted by Gasteiger charge is 2.40. The molecule has 4 heteroatoms. The monoisotopic (exact) mass is 390 g/mol. The minimum atomic E-state index is 0.383. The number of benzene rings is 2. The van der Waals surface area contributed by atoms with Crippen molar-refractivity contribution in [1.82, 2.24) is 9.88 Å². The number of fused-ring (bicyclic) bond motifs is 6. The minimum absolute atomic E-state index is 0.383. The average molecular weight is 391 g/mol. The molecule has 0 amide bonds. The van der Waals surface area contributed by atoms with Crippen molar-refractivity contribution in [2.45, 2.75) is 45.2 Å². The van der Waals surface area contributed by atoms with Crippen LogP contribution in [-0.4, -0.2) is 30.6 Å². The standard InChI is InChI=1S/C25H30N2O2/c1-15(2)11-22-25-19(17-7-5-6-8-20(17)26-25)13-21-18-14-24(29-4)23(28-3)12-16(18)9-10-27(21)22/h5-8,12,14-15,21-22,26H,9-11,13H2,1-4H3/t21-,22?/m0/s1. The topological polar surface area (TPSA) is 37.5 Å². The number of hydrogen-bond donors (Lipinski definition) is 1. The first kappa shape index (κ1) is 18.6. The quantitative estimate of drug-likeness (QED) is 0.646. The van der Waals surface area contributed by atoms with E-state index in [2.05, 4.69) is 60.1 Å². The third-order valence-electron chi connectivity index (χ3n) is 6.72. The van der Waals surface area contributed by atoms with Gasteiger partial charge in [0, 0.05) is 29.2 Å². The molecule has 0 spiro atoms. The first-order valence-corrected chi connectivity index (χ1v) is 10.7. The summed E-state index contributed by atoms with van der Waals surface area (Å²) in [5.41, 5.74) is 6.99. The van der Waals surface area contributed by atoms with Gasteiger partial charge in [0.15, 0.2) is 11.5 Å². The highest BCUT2D eigenvalue weighted by Crippen LogP contribution is 2.49. The molecule has 2 aromatic carbocycles. The van der Waals surface area contributed by atoms with Gasteiger partial charge in [0.2, 0.25) is 0 Å². The first-order valence-electron chi connectivity index (χ1n) is 10.7. The van der Waals surface area contributed by atoms with Crippen molar-refractivity contribution in [3.8, 4) is 11.5 Å². The number of para-hydroxylation sites is 1. The second-order valence-electron chi connectivity index (χ2n) is 8.82. The van der Waals surface area contributed by atoms with Gasteiger partial charge < -0.3 is 14.5 Å². The number of hydrogen-bond acceptors (Lipinski definition) is 3. The predicted octanol–water partition coefficient (Wildman–Crippen LogP) is 5.43. The molecule has 0 saturated heterocycles. The summed E-state index contributed by atoms with van der Waals surface area (Å²) in [5, 5.41) is 1.38. The Bertz CT molecular complexity index is 1050. The number of rotatable bonds is 4. The molecule has 29 heavy (non-hydrogen) atoms. The second-order valence-corrected chi connectivity index (χ2v) is 8.82. The van der Waals surface area contributed by atoms with E-state index in [1.807, 2.05) is 0 Å². The Morgan fingerprint density at radius 1 is 1.10 bits per heavy atom. The molecule has 1 aromatic heterocycles. The van der Waals surface area contributed by atoms with Crippen molar-refractivity contribution in [3.63, 3.8) is 0 Å². The third kappa shape index (κ3) is 2.93. The number of H-pyrrole nitrogens is 1. The lowest BCUT2D eigenvalue weighted by atomic mass is 9.80. The molecule has 2 atom stereocenters. The van der Waals surface area contributed by atoms with Crippen LogP contribution in [0.15, 0.2) is 36.4 Å². The summed E-state index contributed by atoms with van der Waals surface area (Å²) in [6, 6.07) is 14.0. The number of nitrogens with one attached hydrogen (secondary N) is 1. The molecule has 2 aliphatic rings. The summed E-state index contributed by atoms with van der Waals surface area (Å²) in [6.45, 7) is 5.74. The first-order chi connectivity index (χ1) is 14.1. The van der Waals surface area contributed by atoms with Crippen LogP contribution < -0.4 is 9.47 Å². The number of aromatic nitrogens is 1. The minimum Gasteiger partial charge on any atom is -0.493 e. The Labute approximate surface area is 172 Å². The molecule has 1 N–H and O–H groups in total. The summed E-state index contributed by atoms with van der Waals surface area (Å²) in [6.07, 6.45) is 3.26. The Morgan fingerprint density at radius 2 is 1.86 bits per heavy atom. The van der Waals surface area contributed by atoms with Crippen molar-refractivity contribution in [2.75, 3.05) is 20.8 Å². The Morgan fingerprint density at radius 3 is 2.62 bits per heavy atom. The number of nitrogens with zero attached hydrogens (tertiary/aromatic N) is 1. The van der Waals surface area contributed by atoms with Crippen LogP contribution in [0.5, 0.6) is 11.5 Å². The maximum Gasteiger partial charge on any atom is 0.161 e. The molecule has 0 bridgehead atoms. The van der Waals surface area contributed by atoms with Gasteiger partial charge in [-0.15, -0.1) is 0 Å². The highest BCUT2D eigenvalue weighted by atomic mass is 16.5. The summed E-state index contributed by atoms with van der Waals surface area (Å²) >= 11 is 0. The van der Waals surface area contributed by atoms with Crippen molar-refractivity contribution in [1.29, 1.82) is 0 Å². The van der Waals surface area contributed by atoms with Gasteiger partial charge in [0.05, 0.1) is 20.3 Å². The van der Waals surface area contributed by atoms with Crippen LogP contribution in [0.2, 0.25) is 0 Å². The lowest BCUT2D eigenvalue weighted by molar-refractivity contribution is 0.0902. The molecule has 3 heterocycles. The molecule has 3 aromatic rings. The fraction of sp³-hybridized carbons (Fsp3) is 0.440. The third-order valence-corrected chi connectivity index (χ3v) is 6.72. The van der Waals surface area contributed by atoms with Gasteiger partial charge >= 0.3 is 0 Å². The van der Waals surface area contributed by atoms with Crippen LogP contribution in [0.4, 0.5) is 0 Å². The Hall–Kier alpha value is -2.46. The van der Waals surface area contributed by atoms with E-state index in [0.717, 1.165) is 30.9 Å². The molecule has 4 nitrogen and oxygen atoms in total. The second kappa shape index (κ2) is 7.10. The van der Waals surface area contributed by atoms with E-state index in [-0.39, 0.29) is 0 Å². The van der Waals surface area contributed by atoms with Gasteiger partial charge in [-0.25, -0.2) is 0 Å². The molecule has 0 radical (unpaired) electrons. The fourth-order valence-corrected chi connectivity index (χ4v) is 5.43. The molecule has 152 valence electrons.